The zero-order valence-electron chi connectivity index (χ0n) is 20.3. The van der Waals surface area contributed by atoms with Gasteiger partial charge < -0.3 is 9.84 Å². The number of carboxylic acid groups (broad SMARTS) is 1. The highest BCUT2D eigenvalue weighted by Gasteiger charge is 2.36. The van der Waals surface area contributed by atoms with Gasteiger partial charge in [0.15, 0.2) is 0 Å². The Morgan fingerprint density at radius 1 is 1.05 bits per heavy atom. The number of thiophene rings is 1. The van der Waals surface area contributed by atoms with Gasteiger partial charge in [0.2, 0.25) is 5.91 Å². The van der Waals surface area contributed by atoms with Gasteiger partial charge in [-0.25, -0.2) is 9.69 Å². The average molecular weight is 515 g/mol. The lowest BCUT2D eigenvalue weighted by Crippen LogP contribution is -2.27. The van der Waals surface area contributed by atoms with E-state index < -0.39 is 5.97 Å². The number of hydrazone groups is 1. The van der Waals surface area contributed by atoms with Gasteiger partial charge >= 0.3 is 5.97 Å². The summed E-state index contributed by atoms with van der Waals surface area (Å²) in [6, 6.07) is 21.1. The first-order valence-corrected chi connectivity index (χ1v) is 12.9. The molecule has 9 heteroatoms. The fourth-order valence-corrected chi connectivity index (χ4v) is 5.12. The number of aliphatic carboxylic acids is 1. The Hall–Kier alpha value is -4.24. The molecule has 4 aromatic rings. The highest BCUT2D eigenvalue weighted by molar-refractivity contribution is 7.12. The van der Waals surface area contributed by atoms with Crippen LogP contribution in [0.15, 0.2) is 83.4 Å². The Labute approximate surface area is 218 Å². The summed E-state index contributed by atoms with van der Waals surface area (Å²) in [6.45, 7) is 0. The van der Waals surface area contributed by atoms with Crippen molar-refractivity contribution in [1.82, 2.24) is 14.8 Å². The Balaban J connectivity index is 1.56. The SMILES string of the molecule is COc1ccc(-c2nn(-c3ccccc3)cc2[C@@H]2CC(c3cccs3)=NN2C(=O)CCCC(=O)O)cc1. The summed E-state index contributed by atoms with van der Waals surface area (Å²) in [5, 5.41) is 22.2. The molecule has 0 aliphatic carbocycles. The number of rotatable bonds is 9. The minimum absolute atomic E-state index is 0.0607. The van der Waals surface area contributed by atoms with Crippen LogP contribution in [0.5, 0.6) is 5.75 Å². The lowest BCUT2D eigenvalue weighted by molar-refractivity contribution is -0.137. The fourth-order valence-electron chi connectivity index (χ4n) is 4.40. The van der Waals surface area contributed by atoms with Gasteiger partial charge in [-0.1, -0.05) is 24.3 Å². The topological polar surface area (TPSA) is 97.0 Å². The van der Waals surface area contributed by atoms with E-state index in [1.54, 1.807) is 18.4 Å². The van der Waals surface area contributed by atoms with Gasteiger partial charge in [-0.15, -0.1) is 11.3 Å². The Kier molecular flexibility index (Phi) is 7.14. The van der Waals surface area contributed by atoms with Gasteiger partial charge in [-0.05, 0) is 54.3 Å². The molecular formula is C28H26N4O4S. The van der Waals surface area contributed by atoms with Crippen molar-refractivity contribution in [2.75, 3.05) is 7.11 Å². The standard InChI is InChI=1S/C28H26N4O4S/c1-36-21-14-12-19(13-15-21)28-22(18-31(30-28)20-7-3-2-4-8-20)24-17-23(25-9-6-16-37-25)29-32(24)26(33)10-5-11-27(34)35/h2-4,6-9,12-16,18,24H,5,10-11,17H2,1H3,(H,34,35)/t24-/m0/s1. The molecule has 0 spiro atoms. The molecule has 0 saturated carbocycles. The van der Waals surface area contributed by atoms with Crippen LogP contribution in [0.4, 0.5) is 0 Å². The molecule has 5 rings (SSSR count). The lowest BCUT2D eigenvalue weighted by Gasteiger charge is -2.22. The van der Waals surface area contributed by atoms with Crippen molar-refractivity contribution in [2.24, 2.45) is 5.10 Å². The summed E-state index contributed by atoms with van der Waals surface area (Å²) in [5.41, 5.74) is 4.26. The lowest BCUT2D eigenvalue weighted by atomic mass is 9.98. The minimum Gasteiger partial charge on any atom is -0.497 e. The molecule has 188 valence electrons. The summed E-state index contributed by atoms with van der Waals surface area (Å²) in [5.74, 6) is -0.377. The van der Waals surface area contributed by atoms with Crippen molar-refractivity contribution >= 4 is 28.9 Å². The molecule has 0 saturated heterocycles. The third-order valence-corrected chi connectivity index (χ3v) is 7.16. The number of carboxylic acids is 1. The number of ether oxygens (including phenoxy) is 1. The highest BCUT2D eigenvalue weighted by atomic mass is 32.1. The van der Waals surface area contributed by atoms with Crippen LogP contribution in [0.3, 0.4) is 0 Å². The molecule has 1 N–H and O–H groups in total. The monoisotopic (exact) mass is 514 g/mol. The summed E-state index contributed by atoms with van der Waals surface area (Å²) < 4.78 is 7.15. The summed E-state index contributed by atoms with van der Waals surface area (Å²) in [4.78, 5) is 25.3. The van der Waals surface area contributed by atoms with Crippen molar-refractivity contribution in [3.05, 3.63) is 88.7 Å². The normalized spacial score (nSPS) is 15.0. The third kappa shape index (κ3) is 5.31. The van der Waals surface area contributed by atoms with Gasteiger partial charge in [-0.2, -0.15) is 10.2 Å². The van der Waals surface area contributed by atoms with Gasteiger partial charge in [0.1, 0.15) is 5.75 Å². The van der Waals surface area contributed by atoms with Crippen molar-refractivity contribution < 1.29 is 19.4 Å². The largest absolute Gasteiger partial charge is 0.497 e. The summed E-state index contributed by atoms with van der Waals surface area (Å²) in [6.07, 6.45) is 2.80. The molecule has 8 nitrogen and oxygen atoms in total. The predicted octanol–water partition coefficient (Wildman–Crippen LogP) is 5.54. The molecule has 1 atom stereocenters. The van der Waals surface area contributed by atoms with Crippen LogP contribution in [-0.4, -0.2) is 44.6 Å². The van der Waals surface area contributed by atoms with Crippen LogP contribution in [0.25, 0.3) is 16.9 Å². The van der Waals surface area contributed by atoms with Crippen LogP contribution in [0.2, 0.25) is 0 Å². The molecule has 37 heavy (non-hydrogen) atoms. The maximum Gasteiger partial charge on any atom is 0.303 e. The van der Waals surface area contributed by atoms with E-state index >= 15 is 0 Å². The number of para-hydroxylation sites is 1. The van der Waals surface area contributed by atoms with E-state index in [4.69, 9.17) is 20.0 Å². The zero-order chi connectivity index (χ0) is 25.8. The quantitative estimate of drug-likeness (QED) is 0.316. The fraction of sp³-hybridized carbons (Fsp3) is 0.214. The second kappa shape index (κ2) is 10.8. The van der Waals surface area contributed by atoms with Crippen LogP contribution < -0.4 is 4.74 Å². The number of nitrogens with zero attached hydrogens (tertiary/aromatic N) is 4. The van der Waals surface area contributed by atoms with Crippen LogP contribution in [0.1, 0.15) is 42.2 Å². The molecule has 1 aliphatic heterocycles. The second-order valence-corrected chi connectivity index (χ2v) is 9.62. The van der Waals surface area contributed by atoms with Gasteiger partial charge in [0.25, 0.3) is 0 Å². The Morgan fingerprint density at radius 3 is 2.51 bits per heavy atom. The van der Waals surface area contributed by atoms with Crippen LogP contribution in [0, 0.1) is 0 Å². The van der Waals surface area contributed by atoms with E-state index in [0.717, 1.165) is 38.8 Å². The van der Waals surface area contributed by atoms with Gasteiger partial charge in [0, 0.05) is 36.6 Å². The predicted molar refractivity (Wildman–Crippen MR) is 142 cm³/mol. The first-order chi connectivity index (χ1) is 18.0. The van der Waals surface area contributed by atoms with E-state index in [-0.39, 0.29) is 31.2 Å². The smallest absolute Gasteiger partial charge is 0.303 e. The average Bonchev–Trinajstić information content (AvgIpc) is 3.68. The summed E-state index contributed by atoms with van der Waals surface area (Å²) >= 11 is 1.58. The third-order valence-electron chi connectivity index (χ3n) is 6.24. The maximum absolute atomic E-state index is 13.3. The number of aromatic nitrogens is 2. The molecule has 2 aromatic heterocycles. The molecule has 1 amide bonds. The van der Waals surface area contributed by atoms with Crippen molar-refractivity contribution in [3.8, 4) is 22.7 Å². The van der Waals surface area contributed by atoms with Gasteiger partial charge in [-0.3, -0.25) is 9.59 Å². The van der Waals surface area contributed by atoms with E-state index in [0.29, 0.717) is 6.42 Å². The van der Waals surface area contributed by atoms with Crippen LogP contribution in [-0.2, 0) is 9.59 Å². The molecule has 0 radical (unpaired) electrons. The summed E-state index contributed by atoms with van der Waals surface area (Å²) in [7, 11) is 1.63. The molecular weight excluding hydrogens is 488 g/mol. The van der Waals surface area contributed by atoms with E-state index in [1.165, 1.54) is 5.01 Å². The maximum atomic E-state index is 13.3. The number of methoxy groups -OCH3 is 1. The number of benzene rings is 2. The highest BCUT2D eigenvalue weighted by Crippen LogP contribution is 2.39. The molecule has 0 bridgehead atoms. The number of hydrogen-bond acceptors (Lipinski definition) is 6. The van der Waals surface area contributed by atoms with Gasteiger partial charge in [0.05, 0.1) is 35.1 Å². The molecule has 0 fully saturated rings. The molecule has 2 aromatic carbocycles. The van der Waals surface area contributed by atoms with Crippen molar-refractivity contribution in [2.45, 2.75) is 31.7 Å². The zero-order valence-corrected chi connectivity index (χ0v) is 21.1. The van der Waals surface area contributed by atoms with Crippen molar-refractivity contribution in [1.29, 1.82) is 0 Å². The first-order valence-electron chi connectivity index (χ1n) is 12.0. The number of amides is 1. The van der Waals surface area contributed by atoms with E-state index in [1.807, 2.05) is 83.0 Å². The minimum atomic E-state index is -0.917. The number of carbonyl (C=O) groups is 2. The number of carbonyl (C=O) groups excluding carboxylic acids is 1. The molecule has 0 unspecified atom stereocenters. The molecule has 3 heterocycles. The Bertz CT molecular complexity index is 1410. The van der Waals surface area contributed by atoms with Crippen LogP contribution >= 0.6 is 11.3 Å². The number of hydrogen-bond donors (Lipinski definition) is 1. The van der Waals surface area contributed by atoms with E-state index in [9.17, 15) is 9.59 Å². The Morgan fingerprint density at radius 2 is 1.84 bits per heavy atom. The van der Waals surface area contributed by atoms with E-state index in [2.05, 4.69) is 0 Å². The van der Waals surface area contributed by atoms with Crippen molar-refractivity contribution in [3.63, 3.8) is 0 Å². The second-order valence-electron chi connectivity index (χ2n) is 8.67. The first kappa shape index (κ1) is 24.5. The molecule has 1 aliphatic rings.